The van der Waals surface area contributed by atoms with Crippen molar-refractivity contribution in [2.75, 3.05) is 13.1 Å². The maximum Gasteiger partial charge on any atom is 0.338 e. The first-order chi connectivity index (χ1) is 12.0. The fraction of sp³-hybridized carbons (Fsp3) is 0.353. The van der Waals surface area contributed by atoms with E-state index in [1.807, 2.05) is 0 Å². The van der Waals surface area contributed by atoms with Crippen molar-refractivity contribution in [2.24, 2.45) is 0 Å². The summed E-state index contributed by atoms with van der Waals surface area (Å²) in [7, 11) is -3.38. The molecule has 1 aliphatic heterocycles. The zero-order chi connectivity index (χ0) is 17.9. The Bertz CT molecular complexity index is 842. The van der Waals surface area contributed by atoms with E-state index in [9.17, 15) is 13.2 Å². The second kappa shape index (κ2) is 7.28. The number of carboxylic acid groups (broad SMARTS) is 1. The Morgan fingerprint density at radius 1 is 1.04 bits per heavy atom. The highest BCUT2D eigenvalue weighted by atomic mass is 32.2. The Hall–Kier alpha value is -2.32. The molecule has 2 heterocycles. The summed E-state index contributed by atoms with van der Waals surface area (Å²) in [6, 6.07) is 6.87. The summed E-state index contributed by atoms with van der Waals surface area (Å²) >= 11 is 0. The van der Waals surface area contributed by atoms with Crippen LogP contribution in [0.1, 0.15) is 34.6 Å². The average molecular weight is 361 g/mol. The van der Waals surface area contributed by atoms with Crippen LogP contribution in [0.4, 0.5) is 0 Å². The average Bonchev–Trinajstić information content (AvgIpc) is 3.16. The Labute approximate surface area is 146 Å². The molecule has 0 atom stereocenters. The molecule has 0 aliphatic carbocycles. The summed E-state index contributed by atoms with van der Waals surface area (Å²) in [5.74, 6) is -0.500. The standard InChI is InChI=1S/C17H19N3O4S/c21-17(22)14-11-18-16(19-12-14)8-5-13-3-6-15(7-4-13)25(23,24)20-9-1-2-10-20/h3-4,6-7,11-12H,1-2,5,8-10H2,(H,21,22). The third-order valence-electron chi connectivity index (χ3n) is 4.22. The number of hydrogen-bond donors (Lipinski definition) is 1. The first-order valence-electron chi connectivity index (χ1n) is 8.10. The molecule has 8 heteroatoms. The first-order valence-corrected chi connectivity index (χ1v) is 9.54. The second-order valence-corrected chi connectivity index (χ2v) is 7.89. The molecule has 7 nitrogen and oxygen atoms in total. The molecule has 1 saturated heterocycles. The molecule has 1 aromatic heterocycles. The molecule has 0 radical (unpaired) electrons. The summed E-state index contributed by atoms with van der Waals surface area (Å²) in [6.07, 6.45) is 5.61. The number of benzene rings is 1. The zero-order valence-corrected chi connectivity index (χ0v) is 14.4. The Morgan fingerprint density at radius 2 is 1.64 bits per heavy atom. The van der Waals surface area contributed by atoms with Gasteiger partial charge in [-0.3, -0.25) is 0 Å². The minimum Gasteiger partial charge on any atom is -0.478 e. The van der Waals surface area contributed by atoms with Crippen LogP contribution in [0.25, 0.3) is 0 Å². The molecular formula is C17H19N3O4S. The van der Waals surface area contributed by atoms with E-state index in [1.165, 1.54) is 16.7 Å². The summed E-state index contributed by atoms with van der Waals surface area (Å²) in [4.78, 5) is 19.1. The van der Waals surface area contributed by atoms with Gasteiger partial charge in [0, 0.05) is 31.9 Å². The van der Waals surface area contributed by atoms with Gasteiger partial charge in [-0.15, -0.1) is 0 Å². The molecule has 0 saturated carbocycles. The number of aromatic nitrogens is 2. The van der Waals surface area contributed by atoms with Gasteiger partial charge in [-0.1, -0.05) is 12.1 Å². The Balaban J connectivity index is 1.63. The molecule has 1 aromatic carbocycles. The summed E-state index contributed by atoms with van der Waals surface area (Å²) in [5, 5.41) is 8.82. The molecule has 0 amide bonds. The molecule has 0 bridgehead atoms. The number of carbonyl (C=O) groups is 1. The summed E-state index contributed by atoms with van der Waals surface area (Å²) in [5.41, 5.74) is 1.03. The summed E-state index contributed by atoms with van der Waals surface area (Å²) < 4.78 is 26.5. The molecule has 0 unspecified atom stereocenters. The van der Waals surface area contributed by atoms with E-state index in [2.05, 4.69) is 9.97 Å². The molecular weight excluding hydrogens is 342 g/mol. The van der Waals surface area contributed by atoms with E-state index in [0.717, 1.165) is 18.4 Å². The van der Waals surface area contributed by atoms with E-state index in [4.69, 9.17) is 5.11 Å². The number of hydrogen-bond acceptors (Lipinski definition) is 5. The van der Waals surface area contributed by atoms with Crippen LogP contribution in [0.5, 0.6) is 0 Å². The zero-order valence-electron chi connectivity index (χ0n) is 13.6. The predicted octanol–water partition coefficient (Wildman–Crippen LogP) is 1.74. The maximum atomic E-state index is 12.5. The van der Waals surface area contributed by atoms with Crippen molar-refractivity contribution < 1.29 is 18.3 Å². The van der Waals surface area contributed by atoms with Crippen LogP contribution in [0.15, 0.2) is 41.6 Å². The van der Waals surface area contributed by atoms with Crippen molar-refractivity contribution in [3.8, 4) is 0 Å². The van der Waals surface area contributed by atoms with Crippen molar-refractivity contribution >= 4 is 16.0 Å². The topological polar surface area (TPSA) is 100 Å². The fourth-order valence-electron chi connectivity index (χ4n) is 2.76. The van der Waals surface area contributed by atoms with Gasteiger partial charge in [-0.25, -0.2) is 23.2 Å². The lowest BCUT2D eigenvalue weighted by Crippen LogP contribution is -2.27. The highest BCUT2D eigenvalue weighted by molar-refractivity contribution is 7.89. The number of rotatable bonds is 6. The SMILES string of the molecule is O=C(O)c1cnc(CCc2ccc(S(=O)(=O)N3CCCC3)cc2)nc1. The lowest BCUT2D eigenvalue weighted by molar-refractivity contribution is 0.0696. The normalized spacial score (nSPS) is 15.4. The smallest absolute Gasteiger partial charge is 0.338 e. The molecule has 0 spiro atoms. The number of sulfonamides is 1. The van der Waals surface area contributed by atoms with E-state index < -0.39 is 16.0 Å². The van der Waals surface area contributed by atoms with Crippen molar-refractivity contribution in [3.63, 3.8) is 0 Å². The highest BCUT2D eigenvalue weighted by Crippen LogP contribution is 2.21. The highest BCUT2D eigenvalue weighted by Gasteiger charge is 2.26. The third kappa shape index (κ3) is 4.02. The van der Waals surface area contributed by atoms with Crippen LogP contribution in [-0.4, -0.2) is 46.9 Å². The van der Waals surface area contributed by atoms with Crippen molar-refractivity contribution in [1.82, 2.24) is 14.3 Å². The van der Waals surface area contributed by atoms with Gasteiger partial charge in [0.1, 0.15) is 5.82 Å². The Kier molecular flexibility index (Phi) is 5.10. The minimum absolute atomic E-state index is 0.0558. The molecule has 1 fully saturated rings. The predicted molar refractivity (Wildman–Crippen MR) is 90.8 cm³/mol. The van der Waals surface area contributed by atoms with Gasteiger partial charge in [0.2, 0.25) is 10.0 Å². The maximum absolute atomic E-state index is 12.5. The van der Waals surface area contributed by atoms with Crippen LogP contribution < -0.4 is 0 Å². The van der Waals surface area contributed by atoms with Crippen LogP contribution in [0, 0.1) is 0 Å². The van der Waals surface area contributed by atoms with E-state index >= 15 is 0 Å². The third-order valence-corrected chi connectivity index (χ3v) is 6.13. The molecule has 25 heavy (non-hydrogen) atoms. The van der Waals surface area contributed by atoms with Crippen LogP contribution in [0.2, 0.25) is 0 Å². The number of nitrogens with zero attached hydrogens (tertiary/aromatic N) is 3. The Morgan fingerprint density at radius 3 is 2.20 bits per heavy atom. The van der Waals surface area contributed by atoms with Crippen molar-refractivity contribution in [1.29, 1.82) is 0 Å². The quantitative estimate of drug-likeness (QED) is 0.841. The second-order valence-electron chi connectivity index (χ2n) is 5.95. The molecule has 1 aliphatic rings. The first kappa shape index (κ1) is 17.5. The lowest BCUT2D eigenvalue weighted by Gasteiger charge is -2.15. The molecule has 3 rings (SSSR count). The van der Waals surface area contributed by atoms with Gasteiger partial charge in [0.05, 0.1) is 10.5 Å². The minimum atomic E-state index is -3.38. The fourth-order valence-corrected chi connectivity index (χ4v) is 4.27. The number of aryl methyl sites for hydroxylation is 2. The number of carboxylic acids is 1. The van der Waals surface area contributed by atoms with Crippen LogP contribution in [-0.2, 0) is 22.9 Å². The molecule has 132 valence electrons. The van der Waals surface area contributed by atoms with Gasteiger partial charge in [-0.05, 0) is 37.0 Å². The summed E-state index contributed by atoms with van der Waals surface area (Å²) in [6.45, 7) is 1.18. The van der Waals surface area contributed by atoms with E-state index in [0.29, 0.717) is 36.7 Å². The van der Waals surface area contributed by atoms with Crippen molar-refractivity contribution in [2.45, 2.75) is 30.6 Å². The monoisotopic (exact) mass is 361 g/mol. The lowest BCUT2D eigenvalue weighted by atomic mass is 10.1. The molecule has 1 N–H and O–H groups in total. The van der Waals surface area contributed by atoms with Crippen molar-refractivity contribution in [3.05, 3.63) is 53.6 Å². The largest absolute Gasteiger partial charge is 0.478 e. The number of aromatic carboxylic acids is 1. The van der Waals surface area contributed by atoms with Gasteiger partial charge in [-0.2, -0.15) is 4.31 Å². The van der Waals surface area contributed by atoms with E-state index in [1.54, 1.807) is 24.3 Å². The molecule has 2 aromatic rings. The van der Waals surface area contributed by atoms with Gasteiger partial charge in [0.15, 0.2) is 0 Å². The van der Waals surface area contributed by atoms with E-state index in [-0.39, 0.29) is 5.56 Å². The van der Waals surface area contributed by atoms with Crippen LogP contribution in [0.3, 0.4) is 0 Å². The van der Waals surface area contributed by atoms with Gasteiger partial charge >= 0.3 is 5.97 Å². The van der Waals surface area contributed by atoms with Crippen LogP contribution >= 0.6 is 0 Å². The van der Waals surface area contributed by atoms with Gasteiger partial charge < -0.3 is 5.11 Å². The van der Waals surface area contributed by atoms with Gasteiger partial charge in [0.25, 0.3) is 0 Å².